The molecule has 26 heavy (non-hydrogen) atoms. The Morgan fingerprint density at radius 1 is 1.15 bits per heavy atom. The molecule has 6 heteroatoms. The second-order valence-corrected chi connectivity index (χ2v) is 6.94. The first kappa shape index (κ1) is 18.5. The van der Waals surface area contributed by atoms with Crippen LogP contribution in [0.15, 0.2) is 46.9 Å². The van der Waals surface area contributed by atoms with Gasteiger partial charge in [-0.25, -0.2) is 0 Å². The smallest absolute Gasteiger partial charge is 0.268 e. The summed E-state index contributed by atoms with van der Waals surface area (Å²) in [4.78, 5) is 26.2. The fraction of sp³-hybridized carbons (Fsp3) is 0.300. The minimum Gasteiger partial charge on any atom is -0.493 e. The summed E-state index contributed by atoms with van der Waals surface area (Å²) in [6.45, 7) is 1.48. The summed E-state index contributed by atoms with van der Waals surface area (Å²) in [6, 6.07) is 12.6. The number of likely N-dealkylation sites (tertiary alicyclic amines) is 1. The minimum atomic E-state index is -0.788. The Labute approximate surface area is 161 Å². The first-order valence-corrected chi connectivity index (χ1v) is 9.26. The predicted octanol–water partition coefficient (Wildman–Crippen LogP) is 4.01. The molecule has 0 N–H and O–H groups in total. The Bertz CT molecular complexity index is 788. The molecular weight excluding hydrogens is 398 g/mol. The topological polar surface area (TPSA) is 55.8 Å². The lowest BCUT2D eigenvalue weighted by Gasteiger charge is -2.25. The van der Waals surface area contributed by atoms with Gasteiger partial charge < -0.3 is 14.4 Å². The van der Waals surface area contributed by atoms with Gasteiger partial charge in [-0.3, -0.25) is 9.59 Å². The Morgan fingerprint density at radius 2 is 1.85 bits per heavy atom. The fourth-order valence-corrected chi connectivity index (χ4v) is 3.43. The average Bonchev–Trinajstić information content (AvgIpc) is 3.21. The van der Waals surface area contributed by atoms with Crippen LogP contribution in [0.25, 0.3) is 0 Å². The predicted molar refractivity (Wildman–Crippen MR) is 102 cm³/mol. The van der Waals surface area contributed by atoms with E-state index in [-0.39, 0.29) is 5.91 Å². The molecule has 1 aliphatic heterocycles. The van der Waals surface area contributed by atoms with E-state index in [4.69, 9.17) is 9.47 Å². The monoisotopic (exact) mass is 417 g/mol. The highest BCUT2D eigenvalue weighted by Crippen LogP contribution is 2.36. The highest BCUT2D eigenvalue weighted by Gasteiger charge is 2.30. The van der Waals surface area contributed by atoms with Gasteiger partial charge in [-0.2, -0.15) is 0 Å². The molecule has 0 aromatic heterocycles. The van der Waals surface area contributed by atoms with Gasteiger partial charge in [0.2, 0.25) is 6.10 Å². The molecule has 1 fully saturated rings. The summed E-state index contributed by atoms with van der Waals surface area (Å²) in [5.74, 6) is 0.739. The number of rotatable bonds is 6. The first-order valence-electron chi connectivity index (χ1n) is 8.47. The zero-order valence-electron chi connectivity index (χ0n) is 14.5. The maximum atomic E-state index is 13.1. The number of hydrogen-bond donors (Lipinski definition) is 0. The van der Waals surface area contributed by atoms with Crippen molar-refractivity contribution in [3.8, 4) is 11.5 Å². The van der Waals surface area contributed by atoms with Crippen molar-refractivity contribution in [2.24, 2.45) is 0 Å². The Balaban J connectivity index is 1.98. The largest absolute Gasteiger partial charge is 0.493 e. The van der Waals surface area contributed by atoms with Crippen LogP contribution in [0, 0.1) is 0 Å². The molecule has 0 aliphatic carbocycles. The molecular formula is C20H20BrNO4. The number of benzene rings is 2. The molecule has 1 amide bonds. The van der Waals surface area contributed by atoms with Gasteiger partial charge >= 0.3 is 0 Å². The summed E-state index contributed by atoms with van der Waals surface area (Å²) in [7, 11) is 1.52. The summed E-state index contributed by atoms with van der Waals surface area (Å²) in [6.07, 6.45) is 1.95. The van der Waals surface area contributed by atoms with Crippen molar-refractivity contribution in [3.05, 3.63) is 58.1 Å². The van der Waals surface area contributed by atoms with Crippen molar-refractivity contribution in [2.75, 3.05) is 20.2 Å². The molecule has 0 radical (unpaired) electrons. The lowest BCUT2D eigenvalue weighted by molar-refractivity contribution is -0.138. The molecule has 0 bridgehead atoms. The van der Waals surface area contributed by atoms with Crippen molar-refractivity contribution in [1.82, 2.24) is 4.90 Å². The van der Waals surface area contributed by atoms with Gasteiger partial charge in [0.05, 0.1) is 7.11 Å². The molecule has 2 aromatic carbocycles. The van der Waals surface area contributed by atoms with E-state index >= 15 is 0 Å². The lowest BCUT2D eigenvalue weighted by atomic mass is 10.1. The van der Waals surface area contributed by atoms with Crippen LogP contribution in [-0.2, 0) is 4.79 Å². The molecule has 1 aliphatic rings. The number of halogens is 1. The standard InChI is InChI=1S/C20H20BrNO4/c1-25-17-12-16(21)15(13-23)11-18(17)26-19(14-7-3-2-4-8-14)20(24)22-9-5-6-10-22/h2-4,7-8,11-13,19H,5-6,9-10H2,1H3/t19-/m0/s1. The number of carbonyl (C=O) groups excluding carboxylic acids is 2. The van der Waals surface area contributed by atoms with Gasteiger partial charge in [0.1, 0.15) is 0 Å². The van der Waals surface area contributed by atoms with Crippen LogP contribution in [0.1, 0.15) is 34.9 Å². The van der Waals surface area contributed by atoms with Crippen LogP contribution in [0.3, 0.4) is 0 Å². The van der Waals surface area contributed by atoms with Crippen molar-refractivity contribution in [1.29, 1.82) is 0 Å². The molecule has 1 saturated heterocycles. The molecule has 2 aromatic rings. The summed E-state index contributed by atoms with van der Waals surface area (Å²) in [5.41, 5.74) is 1.20. The SMILES string of the molecule is COc1cc(Br)c(C=O)cc1O[C@H](C(=O)N1CCCC1)c1ccccc1. The van der Waals surface area contributed by atoms with Crippen molar-refractivity contribution < 1.29 is 19.1 Å². The van der Waals surface area contributed by atoms with Gasteiger partial charge in [-0.1, -0.05) is 30.3 Å². The first-order chi connectivity index (χ1) is 12.6. The van der Waals surface area contributed by atoms with Crippen LogP contribution in [0.2, 0.25) is 0 Å². The third-order valence-corrected chi connectivity index (χ3v) is 5.09. The minimum absolute atomic E-state index is 0.0775. The molecule has 0 spiro atoms. The molecule has 0 unspecified atom stereocenters. The highest BCUT2D eigenvalue weighted by molar-refractivity contribution is 9.10. The number of ether oxygens (including phenoxy) is 2. The van der Waals surface area contributed by atoms with Crippen molar-refractivity contribution in [3.63, 3.8) is 0 Å². The van der Waals surface area contributed by atoms with Crippen molar-refractivity contribution >= 4 is 28.1 Å². The van der Waals surface area contributed by atoms with Crippen LogP contribution >= 0.6 is 15.9 Å². The fourth-order valence-electron chi connectivity index (χ4n) is 3.01. The van der Waals surface area contributed by atoms with E-state index in [2.05, 4.69) is 15.9 Å². The van der Waals surface area contributed by atoms with Crippen LogP contribution in [-0.4, -0.2) is 37.3 Å². The number of amides is 1. The average molecular weight is 418 g/mol. The third kappa shape index (κ3) is 3.90. The lowest BCUT2D eigenvalue weighted by Crippen LogP contribution is -2.35. The number of carbonyl (C=O) groups is 2. The van der Waals surface area contributed by atoms with Crippen LogP contribution < -0.4 is 9.47 Å². The number of hydrogen-bond acceptors (Lipinski definition) is 4. The molecule has 1 atom stereocenters. The van der Waals surface area contributed by atoms with E-state index in [9.17, 15) is 9.59 Å². The van der Waals surface area contributed by atoms with Crippen LogP contribution in [0.5, 0.6) is 11.5 Å². The quantitative estimate of drug-likeness (QED) is 0.666. The number of methoxy groups -OCH3 is 1. The van der Waals surface area contributed by atoms with E-state index < -0.39 is 6.10 Å². The Morgan fingerprint density at radius 3 is 2.46 bits per heavy atom. The molecule has 0 saturated carbocycles. The Hall–Kier alpha value is -2.34. The zero-order chi connectivity index (χ0) is 18.5. The summed E-state index contributed by atoms with van der Waals surface area (Å²) >= 11 is 3.33. The maximum Gasteiger partial charge on any atom is 0.268 e. The third-order valence-electron chi connectivity index (χ3n) is 4.40. The summed E-state index contributed by atoms with van der Waals surface area (Å²) < 4.78 is 12.1. The Kier molecular flexibility index (Phi) is 5.93. The normalized spacial score (nSPS) is 14.8. The number of nitrogens with zero attached hydrogens (tertiary/aromatic N) is 1. The summed E-state index contributed by atoms with van der Waals surface area (Å²) in [5, 5.41) is 0. The second-order valence-electron chi connectivity index (χ2n) is 6.08. The molecule has 5 nitrogen and oxygen atoms in total. The molecule has 1 heterocycles. The van der Waals surface area contributed by atoms with E-state index in [0.717, 1.165) is 37.8 Å². The van der Waals surface area contributed by atoms with Gasteiger partial charge in [0.25, 0.3) is 5.91 Å². The van der Waals surface area contributed by atoms with Crippen LogP contribution in [0.4, 0.5) is 0 Å². The maximum absolute atomic E-state index is 13.1. The van der Waals surface area contributed by atoms with Gasteiger partial charge in [-0.05, 0) is 40.9 Å². The highest BCUT2D eigenvalue weighted by atomic mass is 79.9. The van der Waals surface area contributed by atoms with E-state index in [1.165, 1.54) is 7.11 Å². The molecule has 3 rings (SSSR count). The zero-order valence-corrected chi connectivity index (χ0v) is 16.1. The van der Waals surface area contributed by atoms with E-state index in [1.807, 2.05) is 35.2 Å². The van der Waals surface area contributed by atoms with Gasteiger partial charge in [-0.15, -0.1) is 0 Å². The van der Waals surface area contributed by atoms with E-state index in [0.29, 0.717) is 21.5 Å². The van der Waals surface area contributed by atoms with Gasteiger partial charge in [0.15, 0.2) is 17.8 Å². The second kappa shape index (κ2) is 8.36. The number of aldehydes is 1. The van der Waals surface area contributed by atoms with Crippen molar-refractivity contribution in [2.45, 2.75) is 18.9 Å². The molecule has 136 valence electrons. The van der Waals surface area contributed by atoms with E-state index in [1.54, 1.807) is 12.1 Å². The van der Waals surface area contributed by atoms with Gasteiger partial charge in [0, 0.05) is 28.7 Å².